The van der Waals surface area contributed by atoms with Gasteiger partial charge in [0.05, 0.1) is 6.10 Å². The van der Waals surface area contributed by atoms with Gasteiger partial charge in [-0.25, -0.2) is 4.98 Å². The molecule has 0 spiro atoms. The highest BCUT2D eigenvalue weighted by atomic mass is 16.3. The van der Waals surface area contributed by atoms with Crippen molar-refractivity contribution in [1.82, 2.24) is 4.98 Å². The maximum absolute atomic E-state index is 9.61. The fourth-order valence-electron chi connectivity index (χ4n) is 2.75. The second kappa shape index (κ2) is 6.19. The van der Waals surface area contributed by atoms with E-state index in [2.05, 4.69) is 16.9 Å². The summed E-state index contributed by atoms with van der Waals surface area (Å²) >= 11 is 0. The molecule has 0 saturated heterocycles. The fourth-order valence-corrected chi connectivity index (χ4v) is 2.75. The van der Waals surface area contributed by atoms with E-state index in [1.54, 1.807) is 13.1 Å². The molecule has 0 bridgehead atoms. The van der Waals surface area contributed by atoms with Gasteiger partial charge in [0.1, 0.15) is 5.82 Å². The van der Waals surface area contributed by atoms with Crippen LogP contribution in [0, 0.1) is 5.92 Å². The minimum Gasteiger partial charge on any atom is -0.389 e. The van der Waals surface area contributed by atoms with E-state index >= 15 is 0 Å². The van der Waals surface area contributed by atoms with E-state index in [-0.39, 0.29) is 0 Å². The molecule has 1 aliphatic rings. The second-order valence-electron chi connectivity index (χ2n) is 5.51. The number of pyridine rings is 1. The molecule has 0 amide bonds. The van der Waals surface area contributed by atoms with Crippen molar-refractivity contribution in [2.75, 3.05) is 18.5 Å². The molecule has 3 heteroatoms. The predicted molar refractivity (Wildman–Crippen MR) is 74.7 cm³/mol. The molecule has 3 nitrogen and oxygen atoms in total. The Morgan fingerprint density at radius 3 is 2.78 bits per heavy atom. The minimum absolute atomic E-state index is 0.421. The normalized spacial score (nSPS) is 18.6. The zero-order valence-corrected chi connectivity index (χ0v) is 11.5. The fraction of sp³-hybridized carbons (Fsp3) is 0.667. The molecule has 1 atom stereocenters. The number of hydrogen-bond acceptors (Lipinski definition) is 3. The van der Waals surface area contributed by atoms with Crippen LogP contribution in [0.4, 0.5) is 5.82 Å². The van der Waals surface area contributed by atoms with Crippen molar-refractivity contribution in [3.8, 4) is 0 Å². The van der Waals surface area contributed by atoms with Gasteiger partial charge in [-0.15, -0.1) is 0 Å². The first kappa shape index (κ1) is 13.3. The number of rotatable bonds is 4. The highest BCUT2D eigenvalue weighted by Gasteiger charge is 2.16. The lowest BCUT2D eigenvalue weighted by atomic mass is 9.89. The third kappa shape index (κ3) is 3.45. The van der Waals surface area contributed by atoms with Gasteiger partial charge in [-0.2, -0.15) is 0 Å². The summed E-state index contributed by atoms with van der Waals surface area (Å²) in [5, 5.41) is 9.61. The summed E-state index contributed by atoms with van der Waals surface area (Å²) < 4.78 is 0. The molecule has 1 heterocycles. The van der Waals surface area contributed by atoms with E-state index in [0.717, 1.165) is 23.8 Å². The number of anilines is 1. The third-order valence-electron chi connectivity index (χ3n) is 3.90. The topological polar surface area (TPSA) is 36.4 Å². The maximum Gasteiger partial charge on any atom is 0.128 e. The van der Waals surface area contributed by atoms with Gasteiger partial charge < -0.3 is 10.0 Å². The van der Waals surface area contributed by atoms with Crippen molar-refractivity contribution in [3.05, 3.63) is 23.9 Å². The Morgan fingerprint density at radius 1 is 1.39 bits per heavy atom. The Hall–Kier alpha value is -1.09. The molecule has 2 rings (SSSR count). The van der Waals surface area contributed by atoms with Crippen LogP contribution >= 0.6 is 0 Å². The monoisotopic (exact) mass is 248 g/mol. The lowest BCUT2D eigenvalue weighted by molar-refractivity contribution is 0.199. The summed E-state index contributed by atoms with van der Waals surface area (Å²) in [7, 11) is 2.10. The Bertz CT molecular complexity index is 373. The van der Waals surface area contributed by atoms with E-state index in [4.69, 9.17) is 0 Å². The maximum atomic E-state index is 9.61. The molecule has 1 aliphatic carbocycles. The Kier molecular flexibility index (Phi) is 4.59. The molecule has 1 saturated carbocycles. The number of nitrogens with zero attached hydrogens (tertiary/aromatic N) is 2. The molecule has 0 aromatic carbocycles. The van der Waals surface area contributed by atoms with E-state index in [0.29, 0.717) is 0 Å². The van der Waals surface area contributed by atoms with Crippen molar-refractivity contribution in [1.29, 1.82) is 0 Å². The van der Waals surface area contributed by atoms with Gasteiger partial charge in [-0.1, -0.05) is 19.3 Å². The molecular formula is C15H24N2O. The van der Waals surface area contributed by atoms with Crippen LogP contribution < -0.4 is 4.90 Å². The molecule has 0 aliphatic heterocycles. The van der Waals surface area contributed by atoms with Crippen LogP contribution in [-0.4, -0.2) is 23.7 Å². The lowest BCUT2D eigenvalue weighted by Crippen LogP contribution is -2.27. The molecular weight excluding hydrogens is 224 g/mol. The molecule has 1 N–H and O–H groups in total. The molecule has 0 radical (unpaired) electrons. The summed E-state index contributed by atoms with van der Waals surface area (Å²) in [6.07, 6.45) is 8.21. The van der Waals surface area contributed by atoms with Crippen molar-refractivity contribution in [2.24, 2.45) is 5.92 Å². The van der Waals surface area contributed by atoms with E-state index in [9.17, 15) is 5.11 Å². The summed E-state index contributed by atoms with van der Waals surface area (Å²) in [5.74, 6) is 1.78. The smallest absolute Gasteiger partial charge is 0.128 e. The third-order valence-corrected chi connectivity index (χ3v) is 3.90. The van der Waals surface area contributed by atoms with Gasteiger partial charge in [-0.3, -0.25) is 0 Å². The summed E-state index contributed by atoms with van der Waals surface area (Å²) in [6.45, 7) is 2.87. The van der Waals surface area contributed by atoms with Crippen LogP contribution in [0.15, 0.2) is 18.3 Å². The van der Waals surface area contributed by atoms with E-state index in [1.165, 1.54) is 32.1 Å². The number of hydrogen-bond donors (Lipinski definition) is 1. The number of aliphatic hydroxyl groups excluding tert-OH is 1. The van der Waals surface area contributed by atoms with E-state index in [1.807, 2.05) is 12.1 Å². The zero-order valence-electron chi connectivity index (χ0n) is 11.5. The van der Waals surface area contributed by atoms with Gasteiger partial charge in [-0.05, 0) is 43.4 Å². The van der Waals surface area contributed by atoms with Crippen LogP contribution in [0.2, 0.25) is 0 Å². The van der Waals surface area contributed by atoms with Crippen LogP contribution in [-0.2, 0) is 0 Å². The first-order valence-electron chi connectivity index (χ1n) is 7.02. The highest BCUT2D eigenvalue weighted by Crippen LogP contribution is 2.26. The van der Waals surface area contributed by atoms with Crippen LogP contribution in [0.5, 0.6) is 0 Å². The van der Waals surface area contributed by atoms with Crippen LogP contribution in [0.3, 0.4) is 0 Å². The van der Waals surface area contributed by atoms with Crippen LogP contribution in [0.1, 0.15) is 50.7 Å². The first-order valence-corrected chi connectivity index (χ1v) is 7.02. The minimum atomic E-state index is -0.421. The van der Waals surface area contributed by atoms with Gasteiger partial charge >= 0.3 is 0 Å². The average Bonchev–Trinajstić information content (AvgIpc) is 2.40. The Balaban J connectivity index is 1.99. The number of aliphatic hydroxyl groups is 1. The van der Waals surface area contributed by atoms with Crippen molar-refractivity contribution < 1.29 is 5.11 Å². The summed E-state index contributed by atoms with van der Waals surface area (Å²) in [6, 6.07) is 3.87. The average molecular weight is 248 g/mol. The van der Waals surface area contributed by atoms with Crippen molar-refractivity contribution >= 4 is 5.82 Å². The van der Waals surface area contributed by atoms with Gasteiger partial charge in [0, 0.05) is 19.8 Å². The van der Waals surface area contributed by atoms with Gasteiger partial charge in [0.25, 0.3) is 0 Å². The molecule has 1 fully saturated rings. The SMILES string of the molecule is CC(O)c1ccnc(N(C)CC2CCCCC2)c1. The second-order valence-corrected chi connectivity index (χ2v) is 5.51. The molecule has 1 aromatic rings. The van der Waals surface area contributed by atoms with E-state index < -0.39 is 6.10 Å². The zero-order chi connectivity index (χ0) is 13.0. The molecule has 1 aromatic heterocycles. The Morgan fingerprint density at radius 2 is 2.11 bits per heavy atom. The molecule has 1 unspecified atom stereocenters. The van der Waals surface area contributed by atoms with Gasteiger partial charge in [0.2, 0.25) is 0 Å². The lowest BCUT2D eigenvalue weighted by Gasteiger charge is -2.28. The summed E-state index contributed by atoms with van der Waals surface area (Å²) in [4.78, 5) is 6.63. The highest BCUT2D eigenvalue weighted by molar-refractivity contribution is 5.40. The standard InChI is InChI=1S/C15H24N2O/c1-12(18)14-8-9-16-15(10-14)17(2)11-13-6-4-3-5-7-13/h8-10,12-13,18H,3-7,11H2,1-2H3. The van der Waals surface area contributed by atoms with Crippen molar-refractivity contribution in [2.45, 2.75) is 45.1 Å². The first-order chi connectivity index (χ1) is 8.66. The molecule has 18 heavy (non-hydrogen) atoms. The Labute approximate surface area is 110 Å². The van der Waals surface area contributed by atoms with Gasteiger partial charge in [0.15, 0.2) is 0 Å². The van der Waals surface area contributed by atoms with Crippen LogP contribution in [0.25, 0.3) is 0 Å². The quantitative estimate of drug-likeness (QED) is 0.889. The van der Waals surface area contributed by atoms with Crippen molar-refractivity contribution in [3.63, 3.8) is 0 Å². The number of aromatic nitrogens is 1. The largest absolute Gasteiger partial charge is 0.389 e. The predicted octanol–water partition coefficient (Wildman–Crippen LogP) is 3.15. The molecule has 100 valence electrons. The summed E-state index contributed by atoms with van der Waals surface area (Å²) in [5.41, 5.74) is 0.940.